The maximum Gasteiger partial charge on any atom is 0.135 e. The molecule has 0 heterocycles. The first-order valence-electron chi connectivity index (χ1n) is 11.9. The van der Waals surface area contributed by atoms with Gasteiger partial charge in [-0.05, 0) is 86.0 Å². The molecule has 1 aliphatic carbocycles. The lowest BCUT2D eigenvalue weighted by atomic mass is 9.65. The van der Waals surface area contributed by atoms with Crippen molar-refractivity contribution in [1.82, 2.24) is 0 Å². The number of halogens is 14. The Labute approximate surface area is 344 Å². The van der Waals surface area contributed by atoms with Gasteiger partial charge < -0.3 is 0 Å². The van der Waals surface area contributed by atoms with E-state index in [2.05, 4.69) is 95.6 Å². The zero-order valence-corrected chi connectivity index (χ0v) is 36.6. The second kappa shape index (κ2) is 14.1. The summed E-state index contributed by atoms with van der Waals surface area (Å²) >= 11 is 79.3. The van der Waals surface area contributed by atoms with E-state index < -0.39 is 8.65 Å². The monoisotopic (exact) mass is 1120 g/mol. The van der Waals surface area contributed by atoms with Crippen molar-refractivity contribution in [3.05, 3.63) is 141 Å². The van der Waals surface area contributed by atoms with Crippen molar-refractivity contribution in [1.29, 1.82) is 0 Å². The number of rotatable bonds is 4. The van der Waals surface area contributed by atoms with E-state index in [1.165, 1.54) is 0 Å². The molecule has 0 fully saturated rings. The summed E-state index contributed by atoms with van der Waals surface area (Å²) in [7, 11) is 0. The molecule has 0 amide bonds. The average Bonchev–Trinajstić information content (AvgIpc) is 2.96. The fourth-order valence-electron chi connectivity index (χ4n) is 5.16. The minimum absolute atomic E-state index is 0.233. The van der Waals surface area contributed by atoms with Crippen LogP contribution in [0.1, 0.15) is 22.3 Å². The Bertz CT molecular complexity index is 1940. The lowest BCUT2D eigenvalue weighted by Gasteiger charge is -2.50. The van der Waals surface area contributed by atoms with Crippen LogP contribution in [0, 0.1) is 0 Å². The quantitative estimate of drug-likeness (QED) is 0.141. The summed E-state index contributed by atoms with van der Waals surface area (Å²) in [5.74, 6) is 0. The Morgan fingerprint density at radius 2 is 1.00 bits per heavy atom. The highest BCUT2D eigenvalue weighted by atomic mass is 79.9. The van der Waals surface area contributed by atoms with Gasteiger partial charge in [-0.1, -0.05) is 169 Å². The molecular formula is C30H10Br6Cl8. The summed E-state index contributed by atoms with van der Waals surface area (Å²) < 4.78 is 1.00. The predicted octanol–water partition coefficient (Wildman–Crippen LogP) is 16.7. The summed E-state index contributed by atoms with van der Waals surface area (Å²) in [6.07, 6.45) is 0. The third kappa shape index (κ3) is 5.91. The van der Waals surface area contributed by atoms with Crippen molar-refractivity contribution >= 4 is 200 Å². The summed E-state index contributed by atoms with van der Waals surface area (Å²) in [6.45, 7) is 0. The maximum absolute atomic E-state index is 7.86. The zero-order valence-electron chi connectivity index (χ0n) is 21.1. The molecule has 0 N–H and O–H groups in total. The van der Waals surface area contributed by atoms with Gasteiger partial charge in [0.15, 0.2) is 0 Å². The minimum Gasteiger partial charge on any atom is -0.0870 e. The lowest BCUT2D eigenvalue weighted by Crippen LogP contribution is -2.48. The van der Waals surface area contributed by atoms with E-state index in [0.717, 1.165) is 0 Å². The highest BCUT2D eigenvalue weighted by Crippen LogP contribution is 2.70. The van der Waals surface area contributed by atoms with Crippen LogP contribution in [0.2, 0.25) is 30.1 Å². The zero-order chi connectivity index (χ0) is 32.5. The average molecular weight is 1130 g/mol. The second-order valence-corrected chi connectivity index (χ2v) is 19.4. The van der Waals surface area contributed by atoms with Crippen molar-refractivity contribution in [3.8, 4) is 0 Å². The molecule has 0 nitrogen and oxygen atoms in total. The summed E-state index contributed by atoms with van der Waals surface area (Å²) in [5.41, 5.74) is 1.44. The summed E-state index contributed by atoms with van der Waals surface area (Å²) in [4.78, 5) is 0. The van der Waals surface area contributed by atoms with E-state index in [9.17, 15) is 0 Å². The van der Waals surface area contributed by atoms with Crippen LogP contribution in [0.15, 0.2) is 88.6 Å². The third-order valence-electron chi connectivity index (χ3n) is 7.03. The molecule has 0 aliphatic heterocycles. The van der Waals surface area contributed by atoms with Crippen LogP contribution >= 0.6 is 188 Å². The number of alkyl halides is 2. The van der Waals surface area contributed by atoms with Crippen molar-refractivity contribution in [2.24, 2.45) is 0 Å². The first-order valence-corrected chi connectivity index (χ1v) is 19.7. The number of benzene rings is 4. The fraction of sp³-hybridized carbons (Fsp3) is 0.0667. The van der Waals surface area contributed by atoms with Gasteiger partial charge in [0.05, 0.1) is 30.5 Å². The van der Waals surface area contributed by atoms with Crippen LogP contribution in [0.5, 0.6) is 0 Å². The Balaban J connectivity index is 2.15. The van der Waals surface area contributed by atoms with E-state index >= 15 is 0 Å². The van der Waals surface area contributed by atoms with Crippen LogP contribution in [0.25, 0.3) is 11.1 Å². The second-order valence-electron chi connectivity index (χ2n) is 9.37. The molecule has 14 heteroatoms. The highest BCUT2D eigenvalue weighted by molar-refractivity contribution is 9.25. The Hall–Kier alpha value is 1.56. The van der Waals surface area contributed by atoms with Gasteiger partial charge in [-0.15, -0.1) is 0 Å². The minimum atomic E-state index is -1.48. The van der Waals surface area contributed by atoms with E-state index in [0.29, 0.717) is 76.4 Å². The maximum atomic E-state index is 7.86. The molecule has 0 aromatic heterocycles. The SMILES string of the molecule is ClC1=C(c2c(Br)ccc(Cl)c2Cl)C(c2c(Br)ccc(Br)c2Cl)=C(Cl)C(c2cccc(Cl)c2)(c2c(Cl)ccc(Br)c2Cl)C1(Br)Br. The molecule has 1 aliphatic rings. The Morgan fingerprint density at radius 1 is 0.500 bits per heavy atom. The van der Waals surface area contributed by atoms with Gasteiger partial charge in [0.2, 0.25) is 0 Å². The normalized spacial score (nSPS) is 18.3. The van der Waals surface area contributed by atoms with Crippen LogP contribution in [0.3, 0.4) is 0 Å². The van der Waals surface area contributed by atoms with Gasteiger partial charge in [0, 0.05) is 60.8 Å². The summed E-state index contributed by atoms with van der Waals surface area (Å²) in [6, 6.07) is 17.8. The van der Waals surface area contributed by atoms with Crippen LogP contribution in [-0.4, -0.2) is 3.23 Å². The van der Waals surface area contributed by atoms with Crippen molar-refractivity contribution < 1.29 is 0 Å². The smallest absolute Gasteiger partial charge is 0.0870 e. The topological polar surface area (TPSA) is 0 Å². The molecule has 5 rings (SSSR count). The van der Waals surface area contributed by atoms with E-state index in [-0.39, 0.29) is 15.1 Å². The molecule has 0 bridgehead atoms. The molecule has 0 saturated carbocycles. The first kappa shape index (κ1) is 36.8. The molecule has 1 atom stereocenters. The van der Waals surface area contributed by atoms with Gasteiger partial charge >= 0.3 is 0 Å². The number of hydrogen-bond acceptors (Lipinski definition) is 0. The van der Waals surface area contributed by atoms with Crippen molar-refractivity contribution in [3.63, 3.8) is 0 Å². The Morgan fingerprint density at radius 3 is 1.64 bits per heavy atom. The van der Waals surface area contributed by atoms with Gasteiger partial charge in [-0.2, -0.15) is 0 Å². The molecule has 1 unspecified atom stereocenters. The molecule has 44 heavy (non-hydrogen) atoms. The van der Waals surface area contributed by atoms with Gasteiger partial charge in [-0.25, -0.2) is 0 Å². The summed E-state index contributed by atoms with van der Waals surface area (Å²) in [5, 5.41) is 2.42. The van der Waals surface area contributed by atoms with Crippen LogP contribution in [-0.2, 0) is 5.41 Å². The standard InChI is InChI=1S/C30H10Br6Cl8/c31-13-4-5-15(33)24(40)19(13)21-22(20-14(32)6-9-18(39)26(20)42)28(44)30(35,36)29(27(21)43,11-2-1-3-12(37)10-11)23-17(38)8-7-16(34)25(23)41/h1-10H. The van der Waals surface area contributed by atoms with Crippen molar-refractivity contribution in [2.75, 3.05) is 0 Å². The van der Waals surface area contributed by atoms with Crippen molar-refractivity contribution in [2.45, 2.75) is 8.65 Å². The third-order valence-corrected chi connectivity index (χ3v) is 15.7. The molecule has 0 spiro atoms. The lowest BCUT2D eigenvalue weighted by molar-refractivity contribution is 0.629. The van der Waals surface area contributed by atoms with E-state index in [4.69, 9.17) is 92.8 Å². The molecule has 4 aromatic carbocycles. The first-order chi connectivity index (χ1) is 20.6. The molecule has 4 aromatic rings. The molecule has 0 saturated heterocycles. The molecule has 0 radical (unpaired) electrons. The van der Waals surface area contributed by atoms with Crippen LogP contribution < -0.4 is 0 Å². The van der Waals surface area contributed by atoms with E-state index in [1.807, 2.05) is 18.2 Å². The van der Waals surface area contributed by atoms with E-state index in [1.54, 1.807) is 42.5 Å². The van der Waals surface area contributed by atoms with Gasteiger partial charge in [-0.3, -0.25) is 0 Å². The fourth-order valence-corrected chi connectivity index (χ4v) is 11.4. The number of hydrogen-bond donors (Lipinski definition) is 0. The van der Waals surface area contributed by atoms with Gasteiger partial charge in [0.1, 0.15) is 3.23 Å². The molecular weight excluding hydrogens is 1120 g/mol. The number of allylic oxidation sites excluding steroid dienone is 4. The highest BCUT2D eigenvalue weighted by Gasteiger charge is 2.61. The van der Waals surface area contributed by atoms with Gasteiger partial charge in [0.25, 0.3) is 0 Å². The predicted molar refractivity (Wildman–Crippen MR) is 214 cm³/mol. The Kier molecular flexibility index (Phi) is 11.8. The largest absolute Gasteiger partial charge is 0.135 e. The van der Waals surface area contributed by atoms with Crippen LogP contribution in [0.4, 0.5) is 0 Å². The molecule has 228 valence electrons.